The number of aliphatic hydroxyl groups excluding tert-OH is 1. The number of carbonyl (C=O) groups is 1. The van der Waals surface area contributed by atoms with Crippen LogP contribution in [-0.4, -0.2) is 35.1 Å². The van der Waals surface area contributed by atoms with Gasteiger partial charge in [-0.15, -0.1) is 0 Å². The molecule has 1 atom stereocenters. The number of hydrogen-bond donors (Lipinski definition) is 2. The number of benzene rings is 1. The molecule has 4 heteroatoms. The number of aryl methyl sites for hydroxylation is 1. The largest absolute Gasteiger partial charge is 0.396 e. The van der Waals surface area contributed by atoms with Crippen molar-refractivity contribution in [1.82, 2.24) is 4.90 Å². The maximum Gasteiger partial charge on any atom is 0.245 e. The molecule has 0 radical (unpaired) electrons. The third kappa shape index (κ3) is 5.74. The molecule has 0 fully saturated rings. The maximum absolute atomic E-state index is 13.0. The first-order valence-corrected chi connectivity index (χ1v) is 9.68. The fourth-order valence-corrected chi connectivity index (χ4v) is 3.35. The molecule has 2 N–H and O–H groups in total. The van der Waals surface area contributed by atoms with Crippen molar-refractivity contribution in [3.05, 3.63) is 29.3 Å². The molecule has 2 rings (SSSR count). The Balaban J connectivity index is 2.26. The summed E-state index contributed by atoms with van der Waals surface area (Å²) < 4.78 is 0. The highest BCUT2D eigenvalue weighted by atomic mass is 16.2. The molecule has 1 amide bonds. The molecule has 1 aromatic rings. The second-order valence-corrected chi connectivity index (χ2v) is 8.09. The molecule has 0 saturated heterocycles. The summed E-state index contributed by atoms with van der Waals surface area (Å²) in [5.74, 6) is 1.28. The number of nitrogens with zero attached hydrogens (tertiary/aromatic N) is 1. The van der Waals surface area contributed by atoms with E-state index in [0.717, 1.165) is 37.9 Å². The van der Waals surface area contributed by atoms with Gasteiger partial charge in [-0.1, -0.05) is 39.8 Å². The number of fused-ring (bicyclic) bond motifs is 1. The fourth-order valence-electron chi connectivity index (χ4n) is 3.35. The van der Waals surface area contributed by atoms with E-state index in [2.05, 4.69) is 51.2 Å². The van der Waals surface area contributed by atoms with Gasteiger partial charge in [-0.3, -0.25) is 4.79 Å². The van der Waals surface area contributed by atoms with E-state index in [1.165, 1.54) is 11.1 Å². The van der Waals surface area contributed by atoms with Gasteiger partial charge in [0.15, 0.2) is 0 Å². The monoisotopic (exact) mass is 346 g/mol. The van der Waals surface area contributed by atoms with Gasteiger partial charge in [-0.25, -0.2) is 0 Å². The molecular formula is C21H34N2O2. The fraction of sp³-hybridized carbons (Fsp3) is 0.667. The lowest BCUT2D eigenvalue weighted by atomic mass is 10.0. The van der Waals surface area contributed by atoms with Crippen LogP contribution >= 0.6 is 0 Å². The Morgan fingerprint density at radius 3 is 2.64 bits per heavy atom. The summed E-state index contributed by atoms with van der Waals surface area (Å²) in [7, 11) is 0. The van der Waals surface area contributed by atoms with E-state index in [0.29, 0.717) is 18.4 Å². The predicted molar refractivity (Wildman–Crippen MR) is 104 cm³/mol. The van der Waals surface area contributed by atoms with E-state index in [9.17, 15) is 4.79 Å². The minimum Gasteiger partial charge on any atom is -0.396 e. The smallest absolute Gasteiger partial charge is 0.245 e. The number of aliphatic hydroxyl groups is 1. The standard InChI is InChI=1S/C21H34N2O2/c1-15(2)9-10-23-14-18-13-17(6-5-11-24)7-8-19(18)22-20(21(23)25)12-16(3)4/h7-8,13,15-16,20,22,24H,5-6,9-12,14H2,1-4H3/t20-/m0/s1. The Labute approximate surface area is 152 Å². The van der Waals surface area contributed by atoms with E-state index in [1.54, 1.807) is 0 Å². The van der Waals surface area contributed by atoms with Crippen LogP contribution in [0.5, 0.6) is 0 Å². The average molecular weight is 347 g/mol. The van der Waals surface area contributed by atoms with Crippen LogP contribution in [0.3, 0.4) is 0 Å². The van der Waals surface area contributed by atoms with Gasteiger partial charge in [0, 0.05) is 25.4 Å². The van der Waals surface area contributed by atoms with Crippen molar-refractivity contribution >= 4 is 11.6 Å². The van der Waals surface area contributed by atoms with E-state index in [-0.39, 0.29) is 18.6 Å². The minimum atomic E-state index is -0.142. The molecule has 0 aromatic heterocycles. The predicted octanol–water partition coefficient (Wildman–Crippen LogP) is 3.83. The Hall–Kier alpha value is -1.55. The third-order valence-electron chi connectivity index (χ3n) is 4.78. The summed E-state index contributed by atoms with van der Waals surface area (Å²) in [6, 6.07) is 6.28. The van der Waals surface area contributed by atoms with Gasteiger partial charge in [0.25, 0.3) is 0 Å². The molecular weight excluding hydrogens is 312 g/mol. The maximum atomic E-state index is 13.0. The number of rotatable bonds is 8. The summed E-state index contributed by atoms with van der Waals surface area (Å²) in [5.41, 5.74) is 3.51. The van der Waals surface area contributed by atoms with E-state index in [1.807, 2.05) is 4.90 Å². The van der Waals surface area contributed by atoms with Gasteiger partial charge in [-0.05, 0) is 54.7 Å². The van der Waals surface area contributed by atoms with Crippen LogP contribution in [0.25, 0.3) is 0 Å². The highest BCUT2D eigenvalue weighted by Gasteiger charge is 2.29. The van der Waals surface area contributed by atoms with Crippen LogP contribution in [0.1, 0.15) is 58.1 Å². The highest BCUT2D eigenvalue weighted by Crippen LogP contribution is 2.27. The van der Waals surface area contributed by atoms with Gasteiger partial charge in [0.05, 0.1) is 0 Å². The van der Waals surface area contributed by atoms with Crippen molar-refractivity contribution in [3.63, 3.8) is 0 Å². The molecule has 4 nitrogen and oxygen atoms in total. The molecule has 0 spiro atoms. The molecule has 1 aliphatic heterocycles. The van der Waals surface area contributed by atoms with Crippen molar-refractivity contribution in [3.8, 4) is 0 Å². The van der Waals surface area contributed by atoms with Gasteiger partial charge in [-0.2, -0.15) is 0 Å². The Kier molecular flexibility index (Phi) is 7.30. The quantitative estimate of drug-likeness (QED) is 0.752. The van der Waals surface area contributed by atoms with Crippen LogP contribution in [0.15, 0.2) is 18.2 Å². The van der Waals surface area contributed by atoms with Crippen molar-refractivity contribution in [1.29, 1.82) is 0 Å². The third-order valence-corrected chi connectivity index (χ3v) is 4.78. The number of hydrogen-bond acceptors (Lipinski definition) is 3. The Morgan fingerprint density at radius 1 is 1.24 bits per heavy atom. The summed E-state index contributed by atoms with van der Waals surface area (Å²) >= 11 is 0. The summed E-state index contributed by atoms with van der Waals surface area (Å²) in [6.07, 6.45) is 3.53. The second-order valence-electron chi connectivity index (χ2n) is 8.09. The van der Waals surface area contributed by atoms with Crippen LogP contribution in [0, 0.1) is 11.8 Å². The van der Waals surface area contributed by atoms with Gasteiger partial charge in [0.2, 0.25) is 5.91 Å². The zero-order chi connectivity index (χ0) is 18.4. The number of amides is 1. The minimum absolute atomic E-state index is 0.142. The molecule has 0 saturated carbocycles. The van der Waals surface area contributed by atoms with E-state index in [4.69, 9.17) is 5.11 Å². The van der Waals surface area contributed by atoms with Crippen molar-refractivity contribution < 1.29 is 9.90 Å². The number of anilines is 1. The first-order chi connectivity index (χ1) is 11.9. The second kappa shape index (κ2) is 9.23. The van der Waals surface area contributed by atoms with Gasteiger partial charge >= 0.3 is 0 Å². The van der Waals surface area contributed by atoms with Crippen LogP contribution < -0.4 is 5.32 Å². The Morgan fingerprint density at radius 2 is 2.00 bits per heavy atom. The Bertz CT molecular complexity index is 569. The molecule has 25 heavy (non-hydrogen) atoms. The normalized spacial score (nSPS) is 17.6. The zero-order valence-electron chi connectivity index (χ0n) is 16.2. The highest BCUT2D eigenvalue weighted by molar-refractivity contribution is 5.86. The summed E-state index contributed by atoms with van der Waals surface area (Å²) in [5, 5.41) is 12.6. The van der Waals surface area contributed by atoms with Crippen LogP contribution in [0.4, 0.5) is 5.69 Å². The van der Waals surface area contributed by atoms with E-state index < -0.39 is 0 Å². The van der Waals surface area contributed by atoms with Crippen molar-refractivity contribution in [2.24, 2.45) is 11.8 Å². The summed E-state index contributed by atoms with van der Waals surface area (Å²) in [4.78, 5) is 15.1. The number of nitrogens with one attached hydrogen (secondary N) is 1. The van der Waals surface area contributed by atoms with Crippen LogP contribution in [-0.2, 0) is 17.8 Å². The van der Waals surface area contributed by atoms with Gasteiger partial charge in [0.1, 0.15) is 6.04 Å². The topological polar surface area (TPSA) is 52.6 Å². The molecule has 1 aromatic carbocycles. The van der Waals surface area contributed by atoms with Crippen molar-refractivity contribution in [2.75, 3.05) is 18.5 Å². The number of carbonyl (C=O) groups excluding carboxylic acids is 1. The zero-order valence-corrected chi connectivity index (χ0v) is 16.2. The molecule has 140 valence electrons. The SMILES string of the molecule is CC(C)CCN1Cc2cc(CCCO)ccc2N[C@@H](CC(C)C)C1=O. The lowest BCUT2D eigenvalue weighted by Crippen LogP contribution is -2.41. The molecule has 1 heterocycles. The molecule has 0 bridgehead atoms. The molecule has 0 aliphatic carbocycles. The van der Waals surface area contributed by atoms with E-state index >= 15 is 0 Å². The van der Waals surface area contributed by atoms with Gasteiger partial charge < -0.3 is 15.3 Å². The first kappa shape index (κ1) is 19.8. The lowest BCUT2D eigenvalue weighted by molar-refractivity contribution is -0.132. The van der Waals surface area contributed by atoms with Crippen molar-refractivity contribution in [2.45, 2.75) is 66.0 Å². The average Bonchev–Trinajstić information content (AvgIpc) is 2.68. The molecule has 1 aliphatic rings. The lowest BCUT2D eigenvalue weighted by Gasteiger charge is -2.26. The molecule has 0 unspecified atom stereocenters. The van der Waals surface area contributed by atoms with Crippen LogP contribution in [0.2, 0.25) is 0 Å². The first-order valence-electron chi connectivity index (χ1n) is 9.68. The summed E-state index contributed by atoms with van der Waals surface area (Å²) in [6.45, 7) is 10.4.